The van der Waals surface area contributed by atoms with Crippen molar-refractivity contribution in [1.29, 1.82) is 0 Å². The van der Waals surface area contributed by atoms with Crippen LogP contribution in [0, 0.1) is 0 Å². The van der Waals surface area contributed by atoms with Crippen molar-refractivity contribution in [2.45, 2.75) is 0 Å². The summed E-state index contributed by atoms with van der Waals surface area (Å²) in [7, 11) is 0. The van der Waals surface area contributed by atoms with Crippen LogP contribution in [0.2, 0.25) is 5.02 Å². The molecule has 1 aliphatic heterocycles. The summed E-state index contributed by atoms with van der Waals surface area (Å²) >= 11 is 9.18. The summed E-state index contributed by atoms with van der Waals surface area (Å²) in [6.45, 7) is -0.442. The second-order valence-corrected chi connectivity index (χ2v) is 6.74. The molecule has 25 heavy (non-hydrogen) atoms. The molecular weight excluding hydrogens is 410 g/mol. The van der Waals surface area contributed by atoms with Crippen molar-refractivity contribution in [2.24, 2.45) is 0 Å². The van der Waals surface area contributed by atoms with E-state index in [1.807, 2.05) is 0 Å². The zero-order chi connectivity index (χ0) is 18.0. The molecule has 0 atom stereocenters. The van der Waals surface area contributed by atoms with Gasteiger partial charge in [0.2, 0.25) is 5.91 Å². The smallest absolute Gasteiger partial charge is 0.324 e. The molecule has 0 aliphatic carbocycles. The first-order valence-corrected chi connectivity index (χ1v) is 8.54. The van der Waals surface area contributed by atoms with E-state index in [-0.39, 0.29) is 13.1 Å². The van der Waals surface area contributed by atoms with E-state index in [2.05, 4.69) is 21.2 Å². The number of carbonyl (C=O) groups excluding carboxylic acids is 3. The van der Waals surface area contributed by atoms with E-state index in [1.54, 1.807) is 48.5 Å². The van der Waals surface area contributed by atoms with Crippen LogP contribution in [0.4, 0.5) is 16.2 Å². The summed E-state index contributed by atoms with van der Waals surface area (Å²) in [6.07, 6.45) is 0. The number of urea groups is 1. The molecule has 4 amide bonds. The molecule has 2 aromatic carbocycles. The number of rotatable bonds is 4. The van der Waals surface area contributed by atoms with Crippen molar-refractivity contribution in [3.8, 4) is 0 Å². The largest absolute Gasteiger partial charge is 0.332 e. The third kappa shape index (κ3) is 4.00. The number of carbonyl (C=O) groups is 3. The highest BCUT2D eigenvalue weighted by Gasteiger charge is 2.37. The molecule has 1 N–H and O–H groups in total. The van der Waals surface area contributed by atoms with Crippen LogP contribution in [-0.2, 0) is 9.59 Å². The molecular formula is C17H13BrClN3O3. The first kappa shape index (κ1) is 17.4. The van der Waals surface area contributed by atoms with Crippen LogP contribution in [-0.4, -0.2) is 35.8 Å². The Bertz CT molecular complexity index is 841. The molecule has 1 aliphatic rings. The number of halogens is 2. The number of nitrogens with zero attached hydrogens (tertiary/aromatic N) is 2. The summed E-state index contributed by atoms with van der Waals surface area (Å²) in [5.41, 5.74) is 1.10. The average molecular weight is 423 g/mol. The molecule has 2 aromatic rings. The van der Waals surface area contributed by atoms with Gasteiger partial charge in [0.05, 0.1) is 0 Å². The number of amides is 4. The van der Waals surface area contributed by atoms with Crippen LogP contribution in [0.1, 0.15) is 0 Å². The number of benzene rings is 2. The van der Waals surface area contributed by atoms with Gasteiger partial charge in [0.25, 0.3) is 5.91 Å². The molecule has 3 rings (SSSR count). The van der Waals surface area contributed by atoms with E-state index >= 15 is 0 Å². The predicted octanol–water partition coefficient (Wildman–Crippen LogP) is 3.51. The van der Waals surface area contributed by atoms with E-state index in [9.17, 15) is 14.4 Å². The molecule has 0 radical (unpaired) electrons. The Morgan fingerprint density at radius 3 is 2.56 bits per heavy atom. The maximum absolute atomic E-state index is 12.5. The fraction of sp³-hybridized carbons (Fsp3) is 0.118. The van der Waals surface area contributed by atoms with Crippen LogP contribution in [0.25, 0.3) is 0 Å². The van der Waals surface area contributed by atoms with E-state index in [0.29, 0.717) is 16.4 Å². The van der Waals surface area contributed by atoms with Crippen LogP contribution >= 0.6 is 27.5 Å². The van der Waals surface area contributed by atoms with E-state index in [4.69, 9.17) is 11.6 Å². The van der Waals surface area contributed by atoms with E-state index in [0.717, 1.165) is 9.37 Å². The van der Waals surface area contributed by atoms with Crippen molar-refractivity contribution in [3.05, 3.63) is 58.0 Å². The molecule has 0 spiro atoms. The van der Waals surface area contributed by atoms with Crippen LogP contribution in [0.15, 0.2) is 53.0 Å². The van der Waals surface area contributed by atoms with Gasteiger partial charge in [-0.1, -0.05) is 33.6 Å². The lowest BCUT2D eigenvalue weighted by atomic mass is 10.3. The van der Waals surface area contributed by atoms with E-state index < -0.39 is 17.8 Å². The number of hydrogen-bond acceptors (Lipinski definition) is 3. The maximum Gasteiger partial charge on any atom is 0.332 e. The van der Waals surface area contributed by atoms with Gasteiger partial charge >= 0.3 is 6.03 Å². The van der Waals surface area contributed by atoms with Crippen molar-refractivity contribution in [2.75, 3.05) is 23.3 Å². The summed E-state index contributed by atoms with van der Waals surface area (Å²) in [5, 5.41) is 3.10. The normalized spacial score (nSPS) is 14.2. The Balaban J connectivity index is 1.68. The first-order chi connectivity index (χ1) is 11.9. The Labute approximate surface area is 157 Å². The minimum Gasteiger partial charge on any atom is -0.324 e. The van der Waals surface area contributed by atoms with Crippen LogP contribution in [0.3, 0.4) is 0 Å². The lowest BCUT2D eigenvalue weighted by molar-refractivity contribution is -0.128. The third-order valence-corrected chi connectivity index (χ3v) is 4.37. The highest BCUT2D eigenvalue weighted by Crippen LogP contribution is 2.23. The van der Waals surface area contributed by atoms with Gasteiger partial charge in [-0.3, -0.25) is 19.4 Å². The Kier molecular flexibility index (Phi) is 5.06. The Morgan fingerprint density at radius 2 is 1.88 bits per heavy atom. The number of hydrogen-bond donors (Lipinski definition) is 1. The zero-order valence-corrected chi connectivity index (χ0v) is 15.3. The minimum absolute atomic E-state index is 0.0924. The van der Waals surface area contributed by atoms with Gasteiger partial charge in [0.15, 0.2) is 0 Å². The molecule has 0 aromatic heterocycles. The molecule has 1 fully saturated rings. The highest BCUT2D eigenvalue weighted by atomic mass is 79.9. The molecule has 0 unspecified atom stereocenters. The third-order valence-electron chi connectivity index (χ3n) is 3.60. The summed E-state index contributed by atoms with van der Waals surface area (Å²) in [5.74, 6) is -0.893. The first-order valence-electron chi connectivity index (χ1n) is 7.37. The summed E-state index contributed by atoms with van der Waals surface area (Å²) in [6, 6.07) is 13.1. The standard InChI is InChI=1S/C17H13BrClN3O3/c18-11-4-6-14(7-5-11)21-10-16(24)22(17(21)25)9-15(23)20-13-3-1-2-12(19)8-13/h1-8H,9-10H2,(H,20,23). The van der Waals surface area contributed by atoms with Gasteiger partial charge in [0, 0.05) is 20.9 Å². The van der Waals surface area contributed by atoms with Crippen molar-refractivity contribution < 1.29 is 14.4 Å². The van der Waals surface area contributed by atoms with Gasteiger partial charge in [0.1, 0.15) is 13.1 Å². The Morgan fingerprint density at radius 1 is 1.16 bits per heavy atom. The highest BCUT2D eigenvalue weighted by molar-refractivity contribution is 9.10. The van der Waals surface area contributed by atoms with Crippen molar-refractivity contribution in [3.63, 3.8) is 0 Å². The number of nitrogens with one attached hydrogen (secondary N) is 1. The number of imide groups is 1. The summed E-state index contributed by atoms with van der Waals surface area (Å²) < 4.78 is 0.868. The second-order valence-electron chi connectivity index (χ2n) is 5.38. The van der Waals surface area contributed by atoms with Gasteiger partial charge in [-0.2, -0.15) is 0 Å². The second kappa shape index (κ2) is 7.25. The fourth-order valence-corrected chi connectivity index (χ4v) is 2.88. The molecule has 0 saturated carbocycles. The lowest BCUT2D eigenvalue weighted by Crippen LogP contribution is -2.39. The average Bonchev–Trinajstić information content (AvgIpc) is 2.84. The molecule has 0 bridgehead atoms. The topological polar surface area (TPSA) is 69.7 Å². The number of anilines is 2. The van der Waals surface area contributed by atoms with Crippen LogP contribution in [0.5, 0.6) is 0 Å². The van der Waals surface area contributed by atoms with Crippen molar-refractivity contribution >= 4 is 56.8 Å². The van der Waals surface area contributed by atoms with Crippen LogP contribution < -0.4 is 10.2 Å². The Hall–Kier alpha value is -2.38. The minimum atomic E-state index is -0.520. The molecule has 128 valence electrons. The molecule has 1 saturated heterocycles. The quantitative estimate of drug-likeness (QED) is 0.767. The maximum atomic E-state index is 12.5. The lowest BCUT2D eigenvalue weighted by Gasteiger charge is -2.17. The molecule has 6 nitrogen and oxygen atoms in total. The fourth-order valence-electron chi connectivity index (χ4n) is 2.43. The summed E-state index contributed by atoms with van der Waals surface area (Å²) in [4.78, 5) is 39.0. The predicted molar refractivity (Wildman–Crippen MR) is 98.7 cm³/mol. The van der Waals surface area contributed by atoms with Gasteiger partial charge < -0.3 is 5.32 Å². The SMILES string of the molecule is O=C(CN1C(=O)CN(c2ccc(Br)cc2)C1=O)Nc1cccc(Cl)c1. The monoisotopic (exact) mass is 421 g/mol. The molecule has 8 heteroatoms. The van der Waals surface area contributed by atoms with Gasteiger partial charge in [-0.05, 0) is 42.5 Å². The molecule has 1 heterocycles. The zero-order valence-electron chi connectivity index (χ0n) is 12.9. The van der Waals surface area contributed by atoms with Gasteiger partial charge in [-0.25, -0.2) is 4.79 Å². The van der Waals surface area contributed by atoms with E-state index in [1.165, 1.54) is 4.90 Å². The van der Waals surface area contributed by atoms with Gasteiger partial charge in [-0.15, -0.1) is 0 Å². The van der Waals surface area contributed by atoms with Crippen molar-refractivity contribution in [1.82, 2.24) is 4.90 Å².